The molecular formula is C22H34IN5O3. The average molecular weight is 543 g/mol. The van der Waals surface area contributed by atoms with Gasteiger partial charge in [-0.15, -0.1) is 24.0 Å². The van der Waals surface area contributed by atoms with Crippen molar-refractivity contribution in [3.05, 3.63) is 35.4 Å². The fourth-order valence-electron chi connectivity index (χ4n) is 3.88. The third kappa shape index (κ3) is 7.55. The second kappa shape index (κ2) is 12.7. The van der Waals surface area contributed by atoms with E-state index in [-0.39, 0.29) is 42.0 Å². The Labute approximate surface area is 201 Å². The first kappa shape index (κ1) is 25.2. The Morgan fingerprint density at radius 1 is 1.06 bits per heavy atom. The summed E-state index contributed by atoms with van der Waals surface area (Å²) in [6.45, 7) is 5.66. The van der Waals surface area contributed by atoms with Gasteiger partial charge < -0.3 is 25.6 Å². The van der Waals surface area contributed by atoms with Crippen molar-refractivity contribution in [2.75, 3.05) is 32.8 Å². The van der Waals surface area contributed by atoms with Crippen LogP contribution in [0.4, 0.5) is 4.79 Å². The Hall–Kier alpha value is -2.04. The number of amides is 2. The number of guanidine groups is 1. The fraction of sp³-hybridized carbons (Fsp3) is 0.591. The van der Waals surface area contributed by atoms with Gasteiger partial charge in [0.15, 0.2) is 5.96 Å². The summed E-state index contributed by atoms with van der Waals surface area (Å²) in [6.07, 6.45) is 4.75. The van der Waals surface area contributed by atoms with Gasteiger partial charge in [0.25, 0.3) is 5.91 Å². The van der Waals surface area contributed by atoms with Crippen molar-refractivity contribution in [3.63, 3.8) is 0 Å². The third-order valence-corrected chi connectivity index (χ3v) is 5.65. The highest BCUT2D eigenvalue weighted by Gasteiger charge is 2.23. The van der Waals surface area contributed by atoms with Crippen LogP contribution in [-0.2, 0) is 11.3 Å². The summed E-state index contributed by atoms with van der Waals surface area (Å²) in [5.74, 6) is 0.512. The van der Waals surface area contributed by atoms with E-state index in [0.29, 0.717) is 32.2 Å². The topological polar surface area (TPSA) is 100 Å². The number of nitrogens with two attached hydrogens (primary N) is 1. The van der Waals surface area contributed by atoms with Gasteiger partial charge in [0.2, 0.25) is 0 Å². The summed E-state index contributed by atoms with van der Waals surface area (Å²) in [4.78, 5) is 32.4. The molecule has 8 nitrogen and oxygen atoms in total. The summed E-state index contributed by atoms with van der Waals surface area (Å²) in [5.41, 5.74) is 7.78. The van der Waals surface area contributed by atoms with Crippen molar-refractivity contribution >= 4 is 41.9 Å². The standard InChI is InChI=1S/C22H33N5O3.HI/c1-2-30-22(29)27-14-10-19(11-15-27)25-21(23)24-16-17-6-8-18(9-7-17)20(28)26-12-4-3-5-13-26;/h6-9,19H,2-5,10-16H2,1H3,(H3,23,24,25);1H. The molecule has 0 radical (unpaired) electrons. The molecule has 0 spiro atoms. The van der Waals surface area contributed by atoms with Gasteiger partial charge in [0, 0.05) is 37.8 Å². The molecule has 2 fully saturated rings. The molecule has 2 amide bonds. The zero-order valence-electron chi connectivity index (χ0n) is 18.2. The van der Waals surface area contributed by atoms with Crippen LogP contribution in [0.15, 0.2) is 29.3 Å². The van der Waals surface area contributed by atoms with E-state index in [9.17, 15) is 9.59 Å². The Morgan fingerprint density at radius 2 is 1.71 bits per heavy atom. The molecule has 3 rings (SSSR count). The third-order valence-electron chi connectivity index (χ3n) is 5.65. The van der Waals surface area contributed by atoms with Crippen molar-refractivity contribution in [3.8, 4) is 0 Å². The van der Waals surface area contributed by atoms with Gasteiger partial charge in [-0.1, -0.05) is 12.1 Å². The molecule has 2 heterocycles. The molecule has 172 valence electrons. The van der Waals surface area contributed by atoms with Gasteiger partial charge in [-0.2, -0.15) is 0 Å². The number of ether oxygens (including phenoxy) is 1. The molecule has 2 aliphatic heterocycles. The number of benzene rings is 1. The Kier molecular flexibility index (Phi) is 10.4. The second-order valence-corrected chi connectivity index (χ2v) is 7.86. The number of aliphatic imine (C=N–C) groups is 1. The minimum absolute atomic E-state index is 0. The van der Waals surface area contributed by atoms with E-state index >= 15 is 0 Å². The van der Waals surface area contributed by atoms with Crippen molar-refractivity contribution < 1.29 is 14.3 Å². The van der Waals surface area contributed by atoms with Crippen LogP contribution < -0.4 is 11.1 Å². The molecular weight excluding hydrogens is 509 g/mol. The zero-order chi connectivity index (χ0) is 21.3. The molecule has 0 atom stereocenters. The van der Waals surface area contributed by atoms with Gasteiger partial charge in [-0.3, -0.25) is 4.79 Å². The van der Waals surface area contributed by atoms with Crippen molar-refractivity contribution in [2.45, 2.75) is 51.6 Å². The highest BCUT2D eigenvalue weighted by atomic mass is 127. The lowest BCUT2D eigenvalue weighted by Gasteiger charge is -2.31. The maximum absolute atomic E-state index is 12.5. The molecule has 3 N–H and O–H groups in total. The van der Waals surface area contributed by atoms with E-state index in [4.69, 9.17) is 10.5 Å². The Morgan fingerprint density at radius 3 is 2.32 bits per heavy atom. The number of nitrogens with zero attached hydrogens (tertiary/aromatic N) is 3. The molecule has 0 unspecified atom stereocenters. The quantitative estimate of drug-likeness (QED) is 0.338. The number of hydrogen-bond acceptors (Lipinski definition) is 4. The number of rotatable bonds is 5. The Bertz CT molecular complexity index is 742. The van der Waals surface area contributed by atoms with Crippen LogP contribution in [-0.4, -0.2) is 66.6 Å². The summed E-state index contributed by atoms with van der Waals surface area (Å²) < 4.78 is 5.04. The molecule has 1 aromatic rings. The first-order valence-electron chi connectivity index (χ1n) is 10.9. The molecule has 2 saturated heterocycles. The number of piperidine rings is 2. The number of likely N-dealkylation sites (tertiary alicyclic amines) is 2. The zero-order valence-corrected chi connectivity index (χ0v) is 20.5. The first-order chi connectivity index (χ1) is 14.6. The highest BCUT2D eigenvalue weighted by molar-refractivity contribution is 14.0. The van der Waals surface area contributed by atoms with Crippen LogP contribution in [0.2, 0.25) is 0 Å². The maximum atomic E-state index is 12.5. The number of halogens is 1. The van der Waals surface area contributed by atoms with E-state index < -0.39 is 0 Å². The van der Waals surface area contributed by atoms with E-state index in [1.807, 2.05) is 36.1 Å². The van der Waals surface area contributed by atoms with Gasteiger partial charge in [0.05, 0.1) is 13.2 Å². The first-order valence-corrected chi connectivity index (χ1v) is 10.9. The monoisotopic (exact) mass is 543 g/mol. The van der Waals surface area contributed by atoms with Crippen molar-refractivity contribution in [1.82, 2.24) is 15.1 Å². The summed E-state index contributed by atoms with van der Waals surface area (Å²) in [6, 6.07) is 7.81. The molecule has 2 aliphatic rings. The van der Waals surface area contributed by atoms with Gasteiger partial charge >= 0.3 is 6.09 Å². The summed E-state index contributed by atoms with van der Waals surface area (Å²) >= 11 is 0. The normalized spacial score (nSPS) is 17.6. The number of carbonyl (C=O) groups is 2. The smallest absolute Gasteiger partial charge is 0.409 e. The molecule has 0 saturated carbocycles. The van der Waals surface area contributed by atoms with E-state index in [2.05, 4.69) is 10.3 Å². The van der Waals surface area contributed by atoms with E-state index in [1.165, 1.54) is 6.42 Å². The number of carbonyl (C=O) groups excluding carboxylic acids is 2. The lowest BCUT2D eigenvalue weighted by Crippen LogP contribution is -2.48. The van der Waals surface area contributed by atoms with Gasteiger partial charge in [0.1, 0.15) is 0 Å². The number of nitrogens with one attached hydrogen (secondary N) is 1. The molecule has 0 aromatic heterocycles. The van der Waals surface area contributed by atoms with Gasteiger partial charge in [-0.05, 0) is 56.7 Å². The lowest BCUT2D eigenvalue weighted by atomic mass is 10.1. The fourth-order valence-corrected chi connectivity index (χ4v) is 3.88. The van der Waals surface area contributed by atoms with Crippen molar-refractivity contribution in [2.24, 2.45) is 10.7 Å². The average Bonchev–Trinajstić information content (AvgIpc) is 2.79. The molecule has 0 bridgehead atoms. The van der Waals surface area contributed by atoms with Crippen LogP contribution in [0.1, 0.15) is 54.9 Å². The van der Waals surface area contributed by atoms with Crippen LogP contribution in [0, 0.1) is 0 Å². The van der Waals surface area contributed by atoms with E-state index in [0.717, 1.165) is 49.9 Å². The minimum atomic E-state index is -0.250. The maximum Gasteiger partial charge on any atom is 0.409 e. The van der Waals surface area contributed by atoms with E-state index in [1.54, 1.807) is 4.90 Å². The Balaban J connectivity index is 0.00000341. The summed E-state index contributed by atoms with van der Waals surface area (Å²) in [7, 11) is 0. The summed E-state index contributed by atoms with van der Waals surface area (Å²) in [5, 5.41) is 3.24. The number of hydrogen-bond donors (Lipinski definition) is 2. The minimum Gasteiger partial charge on any atom is -0.450 e. The van der Waals surface area contributed by atoms with Crippen LogP contribution in [0.5, 0.6) is 0 Å². The highest BCUT2D eigenvalue weighted by Crippen LogP contribution is 2.15. The van der Waals surface area contributed by atoms with Crippen LogP contribution in [0.3, 0.4) is 0 Å². The van der Waals surface area contributed by atoms with Crippen LogP contribution >= 0.6 is 24.0 Å². The van der Waals surface area contributed by atoms with Crippen LogP contribution in [0.25, 0.3) is 0 Å². The predicted octanol–water partition coefficient (Wildman–Crippen LogP) is 2.96. The lowest BCUT2D eigenvalue weighted by molar-refractivity contribution is 0.0724. The molecule has 9 heteroatoms. The SMILES string of the molecule is CCOC(=O)N1CCC(NC(N)=NCc2ccc(C(=O)N3CCCCC3)cc2)CC1.I. The van der Waals surface area contributed by atoms with Crippen molar-refractivity contribution in [1.29, 1.82) is 0 Å². The molecule has 31 heavy (non-hydrogen) atoms. The molecule has 1 aromatic carbocycles. The van der Waals surface area contributed by atoms with Gasteiger partial charge in [-0.25, -0.2) is 9.79 Å². The largest absolute Gasteiger partial charge is 0.450 e. The molecule has 0 aliphatic carbocycles. The predicted molar refractivity (Wildman–Crippen MR) is 132 cm³/mol. The second-order valence-electron chi connectivity index (χ2n) is 7.86.